The number of aromatic nitrogens is 2. The van der Waals surface area contributed by atoms with Crippen LogP contribution in [0, 0.1) is 7.40 Å². The van der Waals surface area contributed by atoms with Gasteiger partial charge in [0.05, 0.1) is 6.33 Å². The van der Waals surface area contributed by atoms with Gasteiger partial charge in [0, 0.05) is 13.1 Å². The smallest absolute Gasteiger partial charge is 0.132 e. The molecule has 1 aromatic heterocycles. The summed E-state index contributed by atoms with van der Waals surface area (Å²) in [5.74, 6) is 0. The summed E-state index contributed by atoms with van der Waals surface area (Å²) in [7, 11) is 0. The molecular formula is C13H15I2N3. The monoisotopic (exact) mass is 467 g/mol. The van der Waals surface area contributed by atoms with Crippen molar-refractivity contribution in [3.8, 4) is 0 Å². The van der Waals surface area contributed by atoms with Gasteiger partial charge in [0.15, 0.2) is 0 Å². The molecule has 0 fully saturated rings. The topological polar surface area (TPSA) is 29.9 Å². The molecule has 0 bridgehead atoms. The van der Waals surface area contributed by atoms with Gasteiger partial charge in [-0.2, -0.15) is 0 Å². The molecule has 0 atom stereocenters. The Labute approximate surface area is 135 Å². The van der Waals surface area contributed by atoms with Gasteiger partial charge in [0.25, 0.3) is 0 Å². The van der Waals surface area contributed by atoms with Gasteiger partial charge in [-0.25, -0.2) is 4.98 Å². The van der Waals surface area contributed by atoms with Crippen LogP contribution in [0.2, 0.25) is 0 Å². The van der Waals surface area contributed by atoms with E-state index in [1.165, 1.54) is 14.8 Å². The minimum absolute atomic E-state index is 0.885. The maximum absolute atomic E-state index is 4.33. The van der Waals surface area contributed by atoms with Gasteiger partial charge < -0.3 is 9.88 Å². The average molecular weight is 467 g/mol. The summed E-state index contributed by atoms with van der Waals surface area (Å²) in [5, 5.41) is 3.38. The molecule has 3 nitrogen and oxygen atoms in total. The van der Waals surface area contributed by atoms with Crippen molar-refractivity contribution in [1.29, 1.82) is 0 Å². The summed E-state index contributed by atoms with van der Waals surface area (Å²) in [6, 6.07) is 8.57. The Morgan fingerprint density at radius 1 is 1.22 bits per heavy atom. The quantitative estimate of drug-likeness (QED) is 0.685. The van der Waals surface area contributed by atoms with Gasteiger partial charge in [-0.1, -0.05) is 31.2 Å². The fraction of sp³-hybridized carbons (Fsp3) is 0.308. The molecule has 2 aromatic rings. The number of halogens is 2. The summed E-state index contributed by atoms with van der Waals surface area (Å²) >= 11 is 4.61. The zero-order valence-electron chi connectivity index (χ0n) is 10.2. The number of rotatable bonds is 5. The number of nitrogens with zero attached hydrogens (tertiary/aromatic N) is 2. The molecule has 2 rings (SSSR count). The van der Waals surface area contributed by atoms with Crippen molar-refractivity contribution in [2.75, 3.05) is 6.54 Å². The highest BCUT2D eigenvalue weighted by atomic mass is 127. The average Bonchev–Trinajstić information content (AvgIpc) is 2.70. The number of benzene rings is 1. The molecule has 96 valence electrons. The third-order valence-corrected chi connectivity index (χ3v) is 5.71. The standard InChI is InChI=1S/C13H15I2N3/c1-2-16-7-10-5-3-4-6-11(10)8-18-9-17-12(14)13(18)15/h3-6,9,16H,2,7-8H2,1H3. The van der Waals surface area contributed by atoms with Crippen molar-refractivity contribution < 1.29 is 0 Å². The molecule has 0 unspecified atom stereocenters. The molecular weight excluding hydrogens is 452 g/mol. The fourth-order valence-corrected chi connectivity index (χ4v) is 2.65. The van der Waals surface area contributed by atoms with Crippen LogP contribution >= 0.6 is 45.2 Å². The van der Waals surface area contributed by atoms with E-state index in [1.807, 2.05) is 6.33 Å². The van der Waals surface area contributed by atoms with Crippen LogP contribution in [-0.4, -0.2) is 16.1 Å². The molecule has 0 aliphatic heterocycles. The van der Waals surface area contributed by atoms with Crippen LogP contribution in [0.15, 0.2) is 30.6 Å². The predicted molar refractivity (Wildman–Crippen MR) is 90.6 cm³/mol. The van der Waals surface area contributed by atoms with E-state index in [4.69, 9.17) is 0 Å². The van der Waals surface area contributed by atoms with E-state index in [0.717, 1.165) is 23.3 Å². The predicted octanol–water partition coefficient (Wildman–Crippen LogP) is 3.25. The molecule has 0 spiro atoms. The van der Waals surface area contributed by atoms with E-state index in [1.54, 1.807) is 0 Å². The van der Waals surface area contributed by atoms with Crippen LogP contribution in [0.3, 0.4) is 0 Å². The van der Waals surface area contributed by atoms with Crippen molar-refractivity contribution in [3.63, 3.8) is 0 Å². The number of imidazole rings is 1. The summed E-state index contributed by atoms with van der Waals surface area (Å²) in [4.78, 5) is 4.33. The van der Waals surface area contributed by atoms with E-state index >= 15 is 0 Å². The molecule has 1 N–H and O–H groups in total. The van der Waals surface area contributed by atoms with Gasteiger partial charge >= 0.3 is 0 Å². The first-order valence-corrected chi connectivity index (χ1v) is 8.01. The Morgan fingerprint density at radius 3 is 2.56 bits per heavy atom. The Kier molecular flexibility index (Phi) is 5.43. The van der Waals surface area contributed by atoms with Crippen LogP contribution in [0.1, 0.15) is 18.1 Å². The SMILES string of the molecule is CCNCc1ccccc1Cn1cnc(I)c1I. The lowest BCUT2D eigenvalue weighted by Crippen LogP contribution is -2.14. The maximum Gasteiger partial charge on any atom is 0.132 e. The third kappa shape index (κ3) is 3.45. The lowest BCUT2D eigenvalue weighted by atomic mass is 10.1. The van der Waals surface area contributed by atoms with Gasteiger partial charge in [-0.15, -0.1) is 0 Å². The molecule has 0 aliphatic rings. The molecule has 0 radical (unpaired) electrons. The van der Waals surface area contributed by atoms with Crippen molar-refractivity contribution >= 4 is 45.2 Å². The summed E-state index contributed by atoms with van der Waals surface area (Å²) in [6.07, 6.45) is 1.91. The second-order valence-electron chi connectivity index (χ2n) is 4.00. The van der Waals surface area contributed by atoms with Gasteiger partial charge in [-0.05, 0) is 62.9 Å². The zero-order valence-corrected chi connectivity index (χ0v) is 14.5. The third-order valence-electron chi connectivity index (χ3n) is 2.76. The number of hydrogen-bond donors (Lipinski definition) is 1. The first kappa shape index (κ1) is 14.3. The van der Waals surface area contributed by atoms with E-state index < -0.39 is 0 Å². The van der Waals surface area contributed by atoms with Crippen LogP contribution in [0.4, 0.5) is 0 Å². The van der Waals surface area contributed by atoms with Crippen LogP contribution in [0.5, 0.6) is 0 Å². The maximum atomic E-state index is 4.33. The molecule has 1 aromatic carbocycles. The zero-order chi connectivity index (χ0) is 13.0. The van der Waals surface area contributed by atoms with Crippen molar-refractivity contribution in [3.05, 3.63) is 49.1 Å². The van der Waals surface area contributed by atoms with E-state index in [9.17, 15) is 0 Å². The largest absolute Gasteiger partial charge is 0.321 e. The Bertz CT molecular complexity index is 523. The molecule has 0 aliphatic carbocycles. The van der Waals surface area contributed by atoms with Crippen molar-refractivity contribution in [2.45, 2.75) is 20.0 Å². The highest BCUT2D eigenvalue weighted by Crippen LogP contribution is 2.17. The minimum Gasteiger partial charge on any atom is -0.321 e. The molecule has 0 saturated carbocycles. The normalized spacial score (nSPS) is 10.8. The van der Waals surface area contributed by atoms with Crippen LogP contribution in [-0.2, 0) is 13.1 Å². The lowest BCUT2D eigenvalue weighted by Gasteiger charge is -2.11. The highest BCUT2D eigenvalue weighted by Gasteiger charge is 2.07. The van der Waals surface area contributed by atoms with Gasteiger partial charge in [0.1, 0.15) is 7.40 Å². The molecule has 5 heteroatoms. The van der Waals surface area contributed by atoms with E-state index in [2.05, 4.69) is 91.2 Å². The van der Waals surface area contributed by atoms with E-state index in [0.29, 0.717) is 0 Å². The van der Waals surface area contributed by atoms with Crippen LogP contribution in [0.25, 0.3) is 0 Å². The van der Waals surface area contributed by atoms with Crippen LogP contribution < -0.4 is 5.32 Å². The second kappa shape index (κ2) is 6.85. The van der Waals surface area contributed by atoms with Crippen molar-refractivity contribution in [2.24, 2.45) is 0 Å². The van der Waals surface area contributed by atoms with Gasteiger partial charge in [0.2, 0.25) is 0 Å². The lowest BCUT2D eigenvalue weighted by molar-refractivity contribution is 0.704. The number of nitrogens with one attached hydrogen (secondary N) is 1. The summed E-state index contributed by atoms with van der Waals surface area (Å²) in [6.45, 7) is 4.93. The van der Waals surface area contributed by atoms with Gasteiger partial charge in [-0.3, -0.25) is 0 Å². The molecule has 1 heterocycles. The molecule has 18 heavy (non-hydrogen) atoms. The Hall–Kier alpha value is -0.150. The highest BCUT2D eigenvalue weighted by molar-refractivity contribution is 14.1. The summed E-state index contributed by atoms with van der Waals surface area (Å²) < 4.78 is 4.46. The first-order chi connectivity index (χ1) is 8.72. The second-order valence-corrected chi connectivity index (χ2v) is 6.05. The molecule has 0 amide bonds. The fourth-order valence-electron chi connectivity index (χ4n) is 1.78. The van der Waals surface area contributed by atoms with E-state index in [-0.39, 0.29) is 0 Å². The summed E-state index contributed by atoms with van der Waals surface area (Å²) in [5.41, 5.74) is 2.71. The Balaban J connectivity index is 2.20. The number of hydrogen-bond acceptors (Lipinski definition) is 2. The molecule has 0 saturated heterocycles. The van der Waals surface area contributed by atoms with Crippen molar-refractivity contribution in [1.82, 2.24) is 14.9 Å². The first-order valence-electron chi connectivity index (χ1n) is 5.86. The minimum atomic E-state index is 0.885. The Morgan fingerprint density at radius 2 is 1.94 bits per heavy atom.